The maximum absolute atomic E-state index is 13.1. The fourth-order valence-corrected chi connectivity index (χ4v) is 4.02. The Morgan fingerprint density at radius 1 is 1.06 bits per heavy atom. The van der Waals surface area contributed by atoms with E-state index in [4.69, 9.17) is 4.74 Å². The summed E-state index contributed by atoms with van der Waals surface area (Å²) in [6, 6.07) is 22.4. The zero-order valence-corrected chi connectivity index (χ0v) is 18.8. The van der Waals surface area contributed by atoms with Crippen molar-refractivity contribution in [1.29, 1.82) is 0 Å². The van der Waals surface area contributed by atoms with Crippen LogP contribution in [0.5, 0.6) is 5.75 Å². The first-order valence-corrected chi connectivity index (χ1v) is 11.3. The van der Waals surface area contributed by atoms with Crippen LogP contribution in [0.2, 0.25) is 0 Å². The summed E-state index contributed by atoms with van der Waals surface area (Å²) < 4.78 is 18.9. The first-order chi connectivity index (χ1) is 16.6. The first kappa shape index (κ1) is 23.2. The van der Waals surface area contributed by atoms with E-state index in [1.807, 2.05) is 36.4 Å². The zero-order chi connectivity index (χ0) is 23.8. The van der Waals surface area contributed by atoms with Gasteiger partial charge in [0.15, 0.2) is 5.17 Å². The van der Waals surface area contributed by atoms with E-state index in [-0.39, 0.29) is 30.7 Å². The van der Waals surface area contributed by atoms with Crippen molar-refractivity contribution in [2.45, 2.75) is 18.3 Å². The molecule has 3 aromatic rings. The van der Waals surface area contributed by atoms with Crippen molar-refractivity contribution in [2.75, 3.05) is 5.32 Å². The molecule has 172 valence electrons. The quantitative estimate of drug-likeness (QED) is 0.373. The summed E-state index contributed by atoms with van der Waals surface area (Å²) in [5.74, 6) is -0.248. The Kier molecular flexibility index (Phi) is 7.67. The molecule has 0 bridgehead atoms. The van der Waals surface area contributed by atoms with Gasteiger partial charge in [0.2, 0.25) is 11.8 Å². The van der Waals surface area contributed by atoms with Gasteiger partial charge in [0.1, 0.15) is 23.4 Å². The molecular formula is C25H21FN4O3S. The zero-order valence-electron chi connectivity index (χ0n) is 18.0. The number of carbonyl (C=O) groups excluding carboxylic acids is 2. The monoisotopic (exact) mass is 476 g/mol. The molecule has 34 heavy (non-hydrogen) atoms. The van der Waals surface area contributed by atoms with E-state index < -0.39 is 5.25 Å². The number of para-hydroxylation sites is 2. The number of thioether (sulfide) groups is 1. The lowest BCUT2D eigenvalue weighted by Crippen LogP contribution is -2.28. The summed E-state index contributed by atoms with van der Waals surface area (Å²) in [5, 5.41) is 13.3. The second-order valence-electron chi connectivity index (χ2n) is 7.32. The van der Waals surface area contributed by atoms with Gasteiger partial charge in [-0.25, -0.2) is 4.39 Å². The second kappa shape index (κ2) is 11.2. The molecule has 0 radical (unpaired) electrons. The Balaban J connectivity index is 1.33. The van der Waals surface area contributed by atoms with Crippen LogP contribution in [0.15, 0.2) is 89.1 Å². The molecule has 0 saturated carbocycles. The van der Waals surface area contributed by atoms with Crippen LogP contribution in [0, 0.1) is 5.82 Å². The molecule has 3 aromatic carbocycles. The maximum atomic E-state index is 13.1. The number of hydrogen-bond acceptors (Lipinski definition) is 6. The predicted octanol–water partition coefficient (Wildman–Crippen LogP) is 4.36. The molecule has 1 aliphatic rings. The molecule has 4 rings (SSSR count). The molecule has 7 nitrogen and oxygen atoms in total. The highest BCUT2D eigenvalue weighted by Crippen LogP contribution is 2.23. The van der Waals surface area contributed by atoms with Crippen molar-refractivity contribution in [3.63, 3.8) is 0 Å². The number of benzene rings is 3. The van der Waals surface area contributed by atoms with Crippen molar-refractivity contribution < 1.29 is 18.7 Å². The maximum Gasteiger partial charge on any atom is 0.240 e. The van der Waals surface area contributed by atoms with Crippen molar-refractivity contribution in [3.8, 4) is 5.75 Å². The molecule has 1 atom stereocenters. The molecule has 1 fully saturated rings. The minimum atomic E-state index is -0.580. The number of nitrogens with zero attached hydrogens (tertiary/aromatic N) is 2. The molecular weight excluding hydrogens is 455 g/mol. The highest BCUT2D eigenvalue weighted by atomic mass is 32.2. The highest BCUT2D eigenvalue weighted by Gasteiger charge is 2.32. The normalized spacial score (nSPS) is 16.6. The van der Waals surface area contributed by atoms with E-state index in [9.17, 15) is 14.0 Å². The van der Waals surface area contributed by atoms with Crippen LogP contribution in [-0.2, 0) is 16.2 Å². The third kappa shape index (κ3) is 6.52. The highest BCUT2D eigenvalue weighted by molar-refractivity contribution is 8.15. The van der Waals surface area contributed by atoms with Crippen LogP contribution >= 0.6 is 11.8 Å². The Morgan fingerprint density at radius 2 is 1.79 bits per heavy atom. The van der Waals surface area contributed by atoms with E-state index >= 15 is 0 Å². The summed E-state index contributed by atoms with van der Waals surface area (Å²) in [4.78, 5) is 24.4. The van der Waals surface area contributed by atoms with Crippen LogP contribution in [-0.4, -0.2) is 28.4 Å². The van der Waals surface area contributed by atoms with Gasteiger partial charge < -0.3 is 15.4 Å². The molecule has 1 saturated heterocycles. The molecule has 1 heterocycles. The Labute approximate surface area is 200 Å². The summed E-state index contributed by atoms with van der Waals surface area (Å²) in [7, 11) is 0. The van der Waals surface area contributed by atoms with Gasteiger partial charge in [-0.05, 0) is 42.0 Å². The van der Waals surface area contributed by atoms with Gasteiger partial charge in [0, 0.05) is 17.7 Å². The van der Waals surface area contributed by atoms with Crippen molar-refractivity contribution in [3.05, 3.63) is 95.8 Å². The number of amidine groups is 1. The lowest BCUT2D eigenvalue weighted by Gasteiger charge is -2.08. The minimum absolute atomic E-state index is 0.0220. The van der Waals surface area contributed by atoms with E-state index in [2.05, 4.69) is 20.8 Å². The number of carbonyl (C=O) groups is 2. The Bertz CT molecular complexity index is 1220. The summed E-state index contributed by atoms with van der Waals surface area (Å²) in [6.45, 7) is 0.276. The second-order valence-corrected chi connectivity index (χ2v) is 8.51. The summed E-state index contributed by atoms with van der Waals surface area (Å²) in [5.41, 5.74) is 2.21. The molecule has 9 heteroatoms. The lowest BCUT2D eigenvalue weighted by atomic mass is 10.2. The van der Waals surface area contributed by atoms with Crippen molar-refractivity contribution >= 4 is 40.6 Å². The molecule has 1 aliphatic heterocycles. The largest absolute Gasteiger partial charge is 0.488 e. The molecule has 0 aliphatic carbocycles. The molecule has 2 amide bonds. The van der Waals surface area contributed by atoms with Crippen molar-refractivity contribution in [1.82, 2.24) is 5.32 Å². The Hall–Kier alpha value is -3.98. The number of anilines is 1. The van der Waals surface area contributed by atoms with Crippen LogP contribution in [0.1, 0.15) is 17.5 Å². The average Bonchev–Trinajstić information content (AvgIpc) is 3.18. The summed E-state index contributed by atoms with van der Waals surface area (Å²) in [6.07, 6.45) is 1.54. The first-order valence-electron chi connectivity index (χ1n) is 10.5. The number of nitrogens with one attached hydrogen (secondary N) is 2. The molecule has 0 aromatic heterocycles. The van der Waals surface area contributed by atoms with Gasteiger partial charge in [0.05, 0.1) is 6.21 Å². The number of halogens is 1. The van der Waals surface area contributed by atoms with E-state index in [1.54, 1.807) is 30.3 Å². The van der Waals surface area contributed by atoms with Gasteiger partial charge in [0.25, 0.3) is 0 Å². The molecule has 0 spiro atoms. The number of amides is 2. The van der Waals surface area contributed by atoms with Crippen LogP contribution in [0.25, 0.3) is 0 Å². The number of hydrogen-bond donors (Lipinski definition) is 2. The number of ether oxygens (including phenoxy) is 1. The Morgan fingerprint density at radius 3 is 2.59 bits per heavy atom. The topological polar surface area (TPSA) is 92.2 Å². The van der Waals surface area contributed by atoms with Crippen LogP contribution in [0.3, 0.4) is 0 Å². The van der Waals surface area contributed by atoms with Gasteiger partial charge >= 0.3 is 0 Å². The van der Waals surface area contributed by atoms with Gasteiger partial charge in [-0.1, -0.05) is 54.2 Å². The van der Waals surface area contributed by atoms with Crippen LogP contribution in [0.4, 0.5) is 10.1 Å². The van der Waals surface area contributed by atoms with Gasteiger partial charge in [-0.2, -0.15) is 5.10 Å². The third-order valence-corrected chi connectivity index (χ3v) is 5.85. The fourth-order valence-electron chi connectivity index (χ4n) is 3.09. The third-order valence-electron chi connectivity index (χ3n) is 4.78. The molecule has 1 unspecified atom stereocenters. The van der Waals surface area contributed by atoms with Gasteiger partial charge in [-0.3, -0.25) is 9.59 Å². The van der Waals surface area contributed by atoms with Crippen LogP contribution < -0.4 is 15.4 Å². The van der Waals surface area contributed by atoms with Crippen molar-refractivity contribution in [2.24, 2.45) is 10.2 Å². The summed E-state index contributed by atoms with van der Waals surface area (Å²) >= 11 is 1.16. The number of rotatable bonds is 8. The lowest BCUT2D eigenvalue weighted by molar-refractivity contribution is -0.122. The van der Waals surface area contributed by atoms with E-state index in [0.29, 0.717) is 22.2 Å². The fraction of sp³-hybridized carbons (Fsp3) is 0.120. The van der Waals surface area contributed by atoms with E-state index in [0.717, 1.165) is 17.3 Å². The standard InChI is InChI=1S/C25H21FN4O3S/c26-19-12-10-17(11-13-19)16-33-21-9-5-4-6-18(21)15-27-30-25-29-24(32)22(34-25)14-23(31)28-20-7-2-1-3-8-20/h1-13,15,22H,14,16H2,(H,28,31)(H,29,30,32)/b27-15+. The SMILES string of the molecule is O=C(CC1S/C(=N/N=C/c2ccccc2OCc2ccc(F)cc2)NC1=O)Nc1ccccc1. The molecule has 2 N–H and O–H groups in total. The van der Waals surface area contributed by atoms with Gasteiger partial charge in [-0.15, -0.1) is 5.10 Å². The predicted molar refractivity (Wildman–Crippen MR) is 131 cm³/mol. The minimum Gasteiger partial charge on any atom is -0.488 e. The van der Waals surface area contributed by atoms with E-state index in [1.165, 1.54) is 18.3 Å². The smallest absolute Gasteiger partial charge is 0.240 e. The average molecular weight is 477 g/mol.